The van der Waals surface area contributed by atoms with Crippen LogP contribution >= 0.6 is 0 Å². The number of furan rings is 1. The van der Waals surface area contributed by atoms with Gasteiger partial charge in [-0.15, -0.1) is 0 Å². The van der Waals surface area contributed by atoms with Crippen LogP contribution in [-0.4, -0.2) is 33.0 Å². The second-order valence-corrected chi connectivity index (χ2v) is 7.32. The van der Waals surface area contributed by atoms with E-state index in [0.29, 0.717) is 34.1 Å². The second kappa shape index (κ2) is 9.08. The van der Waals surface area contributed by atoms with Gasteiger partial charge >= 0.3 is 0 Å². The van der Waals surface area contributed by atoms with Gasteiger partial charge < -0.3 is 23.9 Å². The van der Waals surface area contributed by atoms with E-state index >= 15 is 0 Å². The van der Waals surface area contributed by atoms with Gasteiger partial charge in [0.15, 0.2) is 5.76 Å². The molecule has 0 fully saturated rings. The van der Waals surface area contributed by atoms with Gasteiger partial charge in [0.25, 0.3) is 5.91 Å². The molecule has 7 nitrogen and oxygen atoms in total. The first-order chi connectivity index (χ1) is 16.0. The number of carbonyl (C=O) groups excluding carboxylic acids is 2. The lowest BCUT2D eigenvalue weighted by atomic mass is 10.0. The van der Waals surface area contributed by atoms with Gasteiger partial charge in [-0.1, -0.05) is 18.2 Å². The number of amides is 1. The lowest BCUT2D eigenvalue weighted by Gasteiger charge is -2.13. The lowest BCUT2D eigenvalue weighted by Crippen LogP contribution is -2.14. The highest BCUT2D eigenvalue weighted by atomic mass is 16.5. The molecule has 1 amide bonds. The highest BCUT2D eigenvalue weighted by molar-refractivity contribution is 6.11. The molecule has 3 aromatic carbocycles. The summed E-state index contributed by atoms with van der Waals surface area (Å²) in [5.41, 5.74) is 2.47. The van der Waals surface area contributed by atoms with E-state index in [1.54, 1.807) is 61.7 Å². The van der Waals surface area contributed by atoms with Crippen molar-refractivity contribution in [3.05, 3.63) is 83.1 Å². The smallest absolute Gasteiger partial charge is 0.263 e. The summed E-state index contributed by atoms with van der Waals surface area (Å²) in [6.07, 6.45) is 0. The number of anilines is 1. The number of ether oxygens (including phenoxy) is 3. The van der Waals surface area contributed by atoms with Crippen molar-refractivity contribution in [2.45, 2.75) is 6.92 Å². The maximum atomic E-state index is 13.0. The van der Waals surface area contributed by atoms with E-state index in [1.165, 1.54) is 14.2 Å². The fourth-order valence-corrected chi connectivity index (χ4v) is 3.68. The third kappa shape index (κ3) is 4.13. The Morgan fingerprint density at radius 3 is 2.21 bits per heavy atom. The normalized spacial score (nSPS) is 10.7. The number of nitrogens with one attached hydrogen (secondary N) is 1. The molecule has 0 radical (unpaired) electrons. The quantitative estimate of drug-likeness (QED) is 0.391. The van der Waals surface area contributed by atoms with Crippen LogP contribution in [0.1, 0.15) is 32.0 Å². The average molecular weight is 445 g/mol. The van der Waals surface area contributed by atoms with Crippen LogP contribution in [0.2, 0.25) is 0 Å². The molecular formula is C26H23NO6. The SMILES string of the molecule is COc1cccc(C(=O)c2oc3cc(NC(=O)c4c(OC)cccc4OC)ccc3c2C)c1. The van der Waals surface area contributed by atoms with E-state index in [2.05, 4.69) is 5.32 Å². The van der Waals surface area contributed by atoms with Crippen molar-refractivity contribution in [2.24, 2.45) is 0 Å². The third-order valence-corrected chi connectivity index (χ3v) is 5.39. The Balaban J connectivity index is 1.66. The minimum absolute atomic E-state index is 0.244. The van der Waals surface area contributed by atoms with Crippen LogP contribution < -0.4 is 19.5 Å². The highest BCUT2D eigenvalue weighted by Gasteiger charge is 2.21. The van der Waals surface area contributed by atoms with E-state index in [-0.39, 0.29) is 23.0 Å². The molecule has 4 rings (SSSR count). The molecule has 0 aliphatic heterocycles. The summed E-state index contributed by atoms with van der Waals surface area (Å²) in [5, 5.41) is 3.63. The van der Waals surface area contributed by atoms with Crippen molar-refractivity contribution in [3.63, 3.8) is 0 Å². The largest absolute Gasteiger partial charge is 0.497 e. The number of carbonyl (C=O) groups is 2. The number of ketones is 1. The topological polar surface area (TPSA) is 87.0 Å². The van der Waals surface area contributed by atoms with Crippen molar-refractivity contribution < 1.29 is 28.2 Å². The van der Waals surface area contributed by atoms with Crippen LogP contribution in [0.5, 0.6) is 17.2 Å². The van der Waals surface area contributed by atoms with Crippen LogP contribution in [0.15, 0.2) is 65.1 Å². The first kappa shape index (κ1) is 22.0. The van der Waals surface area contributed by atoms with Crippen molar-refractivity contribution in [1.29, 1.82) is 0 Å². The molecule has 0 aliphatic rings. The summed E-state index contributed by atoms with van der Waals surface area (Å²) in [6.45, 7) is 1.83. The summed E-state index contributed by atoms with van der Waals surface area (Å²) < 4.78 is 21.8. The molecule has 7 heteroatoms. The zero-order valence-electron chi connectivity index (χ0n) is 18.7. The average Bonchev–Trinajstić information content (AvgIpc) is 3.18. The maximum absolute atomic E-state index is 13.0. The number of benzene rings is 3. The van der Waals surface area contributed by atoms with Gasteiger partial charge in [0.05, 0.1) is 21.3 Å². The first-order valence-electron chi connectivity index (χ1n) is 10.2. The molecule has 1 aromatic heterocycles. The van der Waals surface area contributed by atoms with Crippen LogP contribution in [0.4, 0.5) is 5.69 Å². The zero-order chi connectivity index (χ0) is 23.5. The summed E-state index contributed by atoms with van der Waals surface area (Å²) in [6, 6.07) is 17.3. The summed E-state index contributed by atoms with van der Waals surface area (Å²) in [4.78, 5) is 26.0. The minimum Gasteiger partial charge on any atom is -0.497 e. The fourth-order valence-electron chi connectivity index (χ4n) is 3.68. The molecule has 0 atom stereocenters. The van der Waals surface area contributed by atoms with Crippen LogP contribution in [0, 0.1) is 6.92 Å². The summed E-state index contributed by atoms with van der Waals surface area (Å²) in [7, 11) is 4.53. The Labute approximate surface area is 190 Å². The molecule has 0 saturated heterocycles. The van der Waals surface area contributed by atoms with Crippen LogP contribution in [0.3, 0.4) is 0 Å². The molecule has 0 aliphatic carbocycles. The second-order valence-electron chi connectivity index (χ2n) is 7.32. The van der Waals surface area contributed by atoms with Gasteiger partial charge in [-0.05, 0) is 43.3 Å². The molecule has 0 saturated carbocycles. The van der Waals surface area contributed by atoms with E-state index in [9.17, 15) is 9.59 Å². The van der Waals surface area contributed by atoms with Crippen molar-refractivity contribution >= 4 is 28.3 Å². The van der Waals surface area contributed by atoms with Crippen molar-refractivity contribution in [1.82, 2.24) is 0 Å². The van der Waals surface area contributed by atoms with Crippen molar-refractivity contribution in [3.8, 4) is 17.2 Å². The number of aryl methyl sites for hydroxylation is 1. The minimum atomic E-state index is -0.389. The monoisotopic (exact) mass is 445 g/mol. The Morgan fingerprint density at radius 1 is 0.848 bits per heavy atom. The fraction of sp³-hybridized carbons (Fsp3) is 0.154. The van der Waals surface area contributed by atoms with Gasteiger partial charge in [0, 0.05) is 28.3 Å². The molecule has 1 heterocycles. The zero-order valence-corrected chi connectivity index (χ0v) is 18.7. The molecular weight excluding hydrogens is 422 g/mol. The Hall–Kier alpha value is -4.26. The Bertz CT molecular complexity index is 1330. The molecule has 0 spiro atoms. The van der Waals surface area contributed by atoms with E-state index < -0.39 is 0 Å². The predicted molar refractivity (Wildman–Crippen MR) is 125 cm³/mol. The third-order valence-electron chi connectivity index (χ3n) is 5.39. The van der Waals surface area contributed by atoms with Crippen LogP contribution in [0.25, 0.3) is 11.0 Å². The summed E-state index contributed by atoms with van der Waals surface area (Å²) >= 11 is 0. The van der Waals surface area contributed by atoms with E-state index in [0.717, 1.165) is 10.9 Å². The first-order valence-corrected chi connectivity index (χ1v) is 10.2. The number of fused-ring (bicyclic) bond motifs is 1. The lowest BCUT2D eigenvalue weighted by molar-refractivity contribution is 0.100. The van der Waals surface area contributed by atoms with Gasteiger partial charge in [0.1, 0.15) is 28.4 Å². The molecule has 168 valence electrons. The Kier molecular flexibility index (Phi) is 6.04. The van der Waals surface area contributed by atoms with Gasteiger partial charge in [-0.2, -0.15) is 0 Å². The molecule has 4 aromatic rings. The number of rotatable bonds is 7. The molecule has 1 N–H and O–H groups in total. The maximum Gasteiger partial charge on any atom is 0.263 e. The van der Waals surface area contributed by atoms with Gasteiger partial charge in [0.2, 0.25) is 5.78 Å². The van der Waals surface area contributed by atoms with Crippen molar-refractivity contribution in [2.75, 3.05) is 26.6 Å². The number of methoxy groups -OCH3 is 3. The number of hydrogen-bond acceptors (Lipinski definition) is 6. The van der Waals surface area contributed by atoms with Crippen LogP contribution in [-0.2, 0) is 0 Å². The standard InChI is InChI=1S/C26H23NO6/c1-15-19-12-11-17(27-26(29)23-20(31-3)9-6-10-21(23)32-4)14-22(19)33-25(15)24(28)16-7-5-8-18(13-16)30-2/h5-14H,1-4H3,(H,27,29). The van der Waals surface area contributed by atoms with Gasteiger partial charge in [-0.25, -0.2) is 0 Å². The van der Waals surface area contributed by atoms with Gasteiger partial charge in [-0.3, -0.25) is 9.59 Å². The van der Waals surface area contributed by atoms with E-state index in [4.69, 9.17) is 18.6 Å². The predicted octanol–water partition coefficient (Wildman–Crippen LogP) is 5.25. The molecule has 33 heavy (non-hydrogen) atoms. The Morgan fingerprint density at radius 2 is 1.55 bits per heavy atom. The molecule has 0 bridgehead atoms. The van der Waals surface area contributed by atoms with E-state index in [1.807, 2.05) is 13.0 Å². The summed E-state index contributed by atoms with van der Waals surface area (Å²) in [5.74, 6) is 0.993. The molecule has 0 unspecified atom stereocenters. The number of hydrogen-bond donors (Lipinski definition) is 1. The highest BCUT2D eigenvalue weighted by Crippen LogP contribution is 2.32.